The molecule has 1 unspecified atom stereocenters. The highest BCUT2D eigenvalue weighted by Crippen LogP contribution is 2.40. The van der Waals surface area contributed by atoms with Crippen molar-refractivity contribution in [1.29, 1.82) is 0 Å². The summed E-state index contributed by atoms with van der Waals surface area (Å²) in [7, 11) is 0. The zero-order valence-corrected chi connectivity index (χ0v) is 12.6. The SMILES string of the molecule is CSc1ccccc1C(Cl)c1sccc1Br. The number of thioether (sulfide) groups is 1. The number of hydrogen-bond donors (Lipinski definition) is 0. The van der Waals surface area contributed by atoms with Gasteiger partial charge in [0.2, 0.25) is 0 Å². The van der Waals surface area contributed by atoms with Gasteiger partial charge in [-0.25, -0.2) is 0 Å². The molecule has 4 heteroatoms. The van der Waals surface area contributed by atoms with Crippen LogP contribution in [0.25, 0.3) is 0 Å². The lowest BCUT2D eigenvalue weighted by atomic mass is 10.1. The Hall–Kier alpha value is 0.0400. The summed E-state index contributed by atoms with van der Waals surface area (Å²) in [5.41, 5.74) is 1.18. The molecule has 0 saturated carbocycles. The molecule has 0 aliphatic rings. The molecule has 0 fully saturated rings. The number of alkyl halides is 1. The van der Waals surface area contributed by atoms with Gasteiger partial charge in [0.15, 0.2) is 0 Å². The van der Waals surface area contributed by atoms with Gasteiger partial charge < -0.3 is 0 Å². The lowest BCUT2D eigenvalue weighted by Crippen LogP contribution is -1.93. The van der Waals surface area contributed by atoms with Gasteiger partial charge in [-0.2, -0.15) is 0 Å². The van der Waals surface area contributed by atoms with E-state index >= 15 is 0 Å². The highest BCUT2D eigenvalue weighted by Gasteiger charge is 2.17. The summed E-state index contributed by atoms with van der Waals surface area (Å²) in [6, 6.07) is 10.3. The Balaban J connectivity index is 2.41. The Kier molecular flexibility index (Phi) is 4.36. The van der Waals surface area contributed by atoms with Crippen molar-refractivity contribution in [2.75, 3.05) is 6.26 Å². The quantitative estimate of drug-likeness (QED) is 0.523. The van der Waals surface area contributed by atoms with E-state index in [1.165, 1.54) is 15.3 Å². The number of rotatable bonds is 3. The smallest absolute Gasteiger partial charge is 0.0949 e. The van der Waals surface area contributed by atoms with E-state index in [1.807, 2.05) is 18.2 Å². The molecule has 84 valence electrons. The molecular weight excluding hydrogens is 324 g/mol. The molecule has 16 heavy (non-hydrogen) atoms. The molecular formula is C12H10BrClS2. The first-order chi connectivity index (χ1) is 7.74. The van der Waals surface area contributed by atoms with Crippen molar-refractivity contribution in [2.24, 2.45) is 0 Å². The summed E-state index contributed by atoms with van der Waals surface area (Å²) in [6.07, 6.45) is 2.08. The van der Waals surface area contributed by atoms with Gasteiger partial charge in [-0.15, -0.1) is 34.7 Å². The van der Waals surface area contributed by atoms with Crippen LogP contribution >= 0.6 is 50.6 Å². The maximum absolute atomic E-state index is 6.53. The number of benzene rings is 1. The number of halogens is 2. The van der Waals surface area contributed by atoms with Crippen LogP contribution in [0.15, 0.2) is 45.1 Å². The molecule has 1 heterocycles. The van der Waals surface area contributed by atoms with Gasteiger partial charge in [0.05, 0.1) is 5.38 Å². The monoisotopic (exact) mass is 332 g/mol. The average Bonchev–Trinajstić information content (AvgIpc) is 2.74. The molecule has 2 aromatic rings. The number of hydrogen-bond acceptors (Lipinski definition) is 2. The predicted octanol–water partition coefficient (Wildman–Crippen LogP) is 5.56. The second-order valence-electron chi connectivity index (χ2n) is 3.24. The molecule has 0 N–H and O–H groups in total. The third-order valence-electron chi connectivity index (χ3n) is 2.29. The van der Waals surface area contributed by atoms with Crippen molar-refractivity contribution in [3.63, 3.8) is 0 Å². The first-order valence-corrected chi connectivity index (χ1v) is 8.07. The maximum Gasteiger partial charge on any atom is 0.0949 e. The van der Waals surface area contributed by atoms with Crippen molar-refractivity contribution in [1.82, 2.24) is 0 Å². The van der Waals surface area contributed by atoms with Crippen molar-refractivity contribution in [3.05, 3.63) is 50.6 Å². The second-order valence-corrected chi connectivity index (χ2v) is 6.32. The zero-order chi connectivity index (χ0) is 11.5. The summed E-state index contributed by atoms with van der Waals surface area (Å²) >= 11 is 13.5. The van der Waals surface area contributed by atoms with Crippen LogP contribution in [-0.2, 0) is 0 Å². The van der Waals surface area contributed by atoms with Crippen LogP contribution in [0.1, 0.15) is 15.8 Å². The molecule has 0 bridgehead atoms. The van der Waals surface area contributed by atoms with Crippen LogP contribution in [-0.4, -0.2) is 6.26 Å². The summed E-state index contributed by atoms with van der Waals surface area (Å²) in [5, 5.41) is 1.98. The topological polar surface area (TPSA) is 0 Å². The van der Waals surface area contributed by atoms with E-state index < -0.39 is 0 Å². The third kappa shape index (κ3) is 2.48. The summed E-state index contributed by atoms with van der Waals surface area (Å²) in [5.74, 6) is 0. The minimum Gasteiger partial charge on any atom is -0.146 e. The third-order valence-corrected chi connectivity index (χ3v) is 5.62. The highest BCUT2D eigenvalue weighted by molar-refractivity contribution is 9.10. The summed E-state index contributed by atoms with van der Waals surface area (Å²) in [6.45, 7) is 0. The fourth-order valence-electron chi connectivity index (χ4n) is 1.50. The molecule has 1 atom stereocenters. The van der Waals surface area contributed by atoms with Gasteiger partial charge in [0, 0.05) is 14.2 Å². The minimum absolute atomic E-state index is 0.0713. The van der Waals surface area contributed by atoms with E-state index in [2.05, 4.69) is 39.7 Å². The molecule has 0 spiro atoms. The van der Waals surface area contributed by atoms with Gasteiger partial charge in [-0.1, -0.05) is 18.2 Å². The van der Waals surface area contributed by atoms with Crippen molar-refractivity contribution >= 4 is 50.6 Å². The Bertz CT molecular complexity index is 481. The van der Waals surface area contributed by atoms with Gasteiger partial charge in [0.25, 0.3) is 0 Å². The van der Waals surface area contributed by atoms with E-state index in [-0.39, 0.29) is 5.38 Å². The second kappa shape index (κ2) is 5.58. The van der Waals surface area contributed by atoms with Crippen LogP contribution in [0, 0.1) is 0 Å². The van der Waals surface area contributed by atoms with Crippen LogP contribution in [0.2, 0.25) is 0 Å². The van der Waals surface area contributed by atoms with Gasteiger partial charge >= 0.3 is 0 Å². The Labute approximate surface area is 117 Å². The van der Waals surface area contributed by atoms with Crippen LogP contribution in [0.3, 0.4) is 0 Å². The molecule has 1 aromatic carbocycles. The molecule has 0 radical (unpaired) electrons. The van der Waals surface area contributed by atoms with E-state index in [1.54, 1.807) is 23.1 Å². The van der Waals surface area contributed by atoms with Crippen LogP contribution in [0.4, 0.5) is 0 Å². The fraction of sp³-hybridized carbons (Fsp3) is 0.167. The Morgan fingerprint density at radius 2 is 2.06 bits per heavy atom. The normalized spacial score (nSPS) is 12.7. The Morgan fingerprint density at radius 3 is 2.69 bits per heavy atom. The van der Waals surface area contributed by atoms with E-state index in [0.29, 0.717) is 0 Å². The van der Waals surface area contributed by atoms with Gasteiger partial charge in [0.1, 0.15) is 0 Å². The summed E-state index contributed by atoms with van der Waals surface area (Å²) < 4.78 is 1.09. The maximum atomic E-state index is 6.53. The standard InChI is InChI=1S/C12H10BrClS2/c1-15-10-5-3-2-4-8(10)11(14)12-9(13)6-7-16-12/h2-7,11H,1H3. The largest absolute Gasteiger partial charge is 0.146 e. The van der Waals surface area contributed by atoms with Crippen molar-refractivity contribution < 1.29 is 0 Å². The Morgan fingerprint density at radius 1 is 1.31 bits per heavy atom. The van der Waals surface area contributed by atoms with Crippen molar-refractivity contribution in [3.8, 4) is 0 Å². The van der Waals surface area contributed by atoms with E-state index in [4.69, 9.17) is 11.6 Å². The summed E-state index contributed by atoms with van der Waals surface area (Å²) in [4.78, 5) is 2.41. The lowest BCUT2D eigenvalue weighted by molar-refractivity contribution is 1.11. The van der Waals surface area contributed by atoms with E-state index in [9.17, 15) is 0 Å². The minimum atomic E-state index is -0.0713. The highest BCUT2D eigenvalue weighted by atomic mass is 79.9. The van der Waals surface area contributed by atoms with Crippen LogP contribution in [0.5, 0.6) is 0 Å². The zero-order valence-electron chi connectivity index (χ0n) is 8.61. The molecule has 0 saturated heterocycles. The number of thiophene rings is 1. The van der Waals surface area contributed by atoms with E-state index in [0.717, 1.165) is 4.47 Å². The average molecular weight is 334 g/mol. The van der Waals surface area contributed by atoms with Gasteiger partial charge in [-0.3, -0.25) is 0 Å². The van der Waals surface area contributed by atoms with Gasteiger partial charge in [-0.05, 0) is 45.3 Å². The molecule has 0 aliphatic carbocycles. The molecule has 0 aliphatic heterocycles. The predicted molar refractivity (Wildman–Crippen MR) is 77.9 cm³/mol. The molecule has 0 nitrogen and oxygen atoms in total. The molecule has 2 rings (SSSR count). The van der Waals surface area contributed by atoms with Crippen LogP contribution < -0.4 is 0 Å². The molecule has 1 aromatic heterocycles. The lowest BCUT2D eigenvalue weighted by Gasteiger charge is -2.12. The fourth-order valence-corrected chi connectivity index (χ4v) is 4.39. The first-order valence-electron chi connectivity index (χ1n) is 4.74. The molecule has 0 amide bonds. The van der Waals surface area contributed by atoms with Crippen molar-refractivity contribution in [2.45, 2.75) is 10.3 Å². The first kappa shape index (κ1) is 12.5.